The lowest BCUT2D eigenvalue weighted by molar-refractivity contribution is 0.0597. The summed E-state index contributed by atoms with van der Waals surface area (Å²) in [5.41, 5.74) is 1.27. The third-order valence-electron chi connectivity index (χ3n) is 3.88. The summed E-state index contributed by atoms with van der Waals surface area (Å²) >= 11 is 0. The van der Waals surface area contributed by atoms with E-state index in [1.54, 1.807) is 6.07 Å². The monoisotopic (exact) mass is 296 g/mol. The Morgan fingerprint density at radius 3 is 2.64 bits per heavy atom. The third-order valence-corrected chi connectivity index (χ3v) is 3.88. The third kappa shape index (κ3) is 2.18. The normalized spacial score (nSPS) is 10.9. The van der Waals surface area contributed by atoms with E-state index in [1.807, 2.05) is 43.3 Å². The van der Waals surface area contributed by atoms with Crippen LogP contribution in [0.1, 0.15) is 15.9 Å². The van der Waals surface area contributed by atoms with Gasteiger partial charge < -0.3 is 14.6 Å². The number of esters is 1. The zero-order valence-electron chi connectivity index (χ0n) is 12.4. The highest BCUT2D eigenvalue weighted by Gasteiger charge is 2.17. The van der Waals surface area contributed by atoms with E-state index in [0.29, 0.717) is 11.3 Å². The molecule has 0 fully saturated rings. The van der Waals surface area contributed by atoms with Gasteiger partial charge in [-0.1, -0.05) is 36.4 Å². The molecule has 0 bridgehead atoms. The summed E-state index contributed by atoms with van der Waals surface area (Å²) in [6, 6.07) is 13.5. The molecule has 0 amide bonds. The van der Waals surface area contributed by atoms with Crippen molar-refractivity contribution in [2.24, 2.45) is 0 Å². The van der Waals surface area contributed by atoms with E-state index in [2.05, 4.69) is 0 Å². The van der Waals surface area contributed by atoms with Crippen molar-refractivity contribution in [3.05, 3.63) is 53.6 Å². The highest BCUT2D eigenvalue weighted by Crippen LogP contribution is 2.37. The number of methoxy groups -OCH3 is 1. The van der Waals surface area contributed by atoms with Crippen LogP contribution in [0.2, 0.25) is 0 Å². The molecule has 4 nitrogen and oxygen atoms in total. The predicted octanol–water partition coefficient (Wildman–Crippen LogP) is 3.42. The average Bonchev–Trinajstić information content (AvgIpc) is 2.56. The van der Waals surface area contributed by atoms with Gasteiger partial charge in [0.25, 0.3) is 0 Å². The number of fused-ring (bicyclic) bond motifs is 3. The molecule has 3 aromatic rings. The van der Waals surface area contributed by atoms with Crippen LogP contribution in [0, 0.1) is 6.92 Å². The van der Waals surface area contributed by atoms with Crippen LogP contribution in [0.15, 0.2) is 42.5 Å². The fourth-order valence-corrected chi connectivity index (χ4v) is 2.81. The fraction of sp³-hybridized carbons (Fsp3) is 0.167. The van der Waals surface area contributed by atoms with E-state index in [4.69, 9.17) is 14.6 Å². The second-order valence-electron chi connectivity index (χ2n) is 5.02. The summed E-state index contributed by atoms with van der Waals surface area (Å²) in [5.74, 6) is 0.0515. The first-order valence-corrected chi connectivity index (χ1v) is 6.94. The van der Waals surface area contributed by atoms with Gasteiger partial charge in [0.1, 0.15) is 5.75 Å². The second kappa shape index (κ2) is 5.66. The molecular formula is C18H16O4. The van der Waals surface area contributed by atoms with Gasteiger partial charge in [0, 0.05) is 5.39 Å². The first-order chi connectivity index (χ1) is 10.7. The topological polar surface area (TPSA) is 55.8 Å². The van der Waals surface area contributed by atoms with Crippen LogP contribution in [0.5, 0.6) is 5.75 Å². The van der Waals surface area contributed by atoms with Gasteiger partial charge in [-0.15, -0.1) is 0 Å². The standard InChI is InChI=1S/C18H16O4/c1-11-13-8-7-12-5-3-4-6-14(12)17(13)16(22-10-19)9-15(11)18(20)21-2/h3-9,19H,10H2,1-2H3. The second-order valence-corrected chi connectivity index (χ2v) is 5.02. The molecule has 0 aliphatic rings. The summed E-state index contributed by atoms with van der Waals surface area (Å²) in [6.45, 7) is 1.42. The maximum absolute atomic E-state index is 12.0. The zero-order chi connectivity index (χ0) is 15.7. The largest absolute Gasteiger partial charge is 0.467 e. The number of hydrogen-bond donors (Lipinski definition) is 1. The number of benzene rings is 3. The van der Waals surface area contributed by atoms with Gasteiger partial charge in [0.05, 0.1) is 12.7 Å². The lowest BCUT2D eigenvalue weighted by Crippen LogP contribution is -2.06. The molecule has 0 atom stereocenters. The lowest BCUT2D eigenvalue weighted by Gasteiger charge is -2.15. The van der Waals surface area contributed by atoms with Crippen molar-refractivity contribution >= 4 is 27.5 Å². The van der Waals surface area contributed by atoms with Crippen LogP contribution in [0.25, 0.3) is 21.5 Å². The Hall–Kier alpha value is -2.59. The number of aliphatic hydroxyl groups excluding tert-OH is 1. The van der Waals surface area contributed by atoms with Gasteiger partial charge in [-0.2, -0.15) is 0 Å². The van der Waals surface area contributed by atoms with Crippen molar-refractivity contribution in [2.45, 2.75) is 6.92 Å². The van der Waals surface area contributed by atoms with Crippen LogP contribution in [0.4, 0.5) is 0 Å². The van der Waals surface area contributed by atoms with E-state index < -0.39 is 12.8 Å². The van der Waals surface area contributed by atoms with E-state index in [9.17, 15) is 4.79 Å². The quantitative estimate of drug-likeness (QED) is 0.457. The van der Waals surface area contributed by atoms with Crippen LogP contribution >= 0.6 is 0 Å². The maximum Gasteiger partial charge on any atom is 0.338 e. The minimum absolute atomic E-state index is 0.421. The van der Waals surface area contributed by atoms with E-state index in [0.717, 1.165) is 27.1 Å². The van der Waals surface area contributed by atoms with Gasteiger partial charge in [-0.05, 0) is 34.7 Å². The number of carbonyl (C=O) groups excluding carboxylic acids is 1. The fourth-order valence-electron chi connectivity index (χ4n) is 2.81. The van der Waals surface area contributed by atoms with Gasteiger partial charge >= 0.3 is 5.97 Å². The average molecular weight is 296 g/mol. The summed E-state index contributed by atoms with van der Waals surface area (Å²) in [6.07, 6.45) is 0. The number of carbonyl (C=O) groups is 1. The molecule has 0 aliphatic carbocycles. The van der Waals surface area contributed by atoms with Crippen LogP contribution < -0.4 is 4.74 Å². The van der Waals surface area contributed by atoms with E-state index in [1.165, 1.54) is 7.11 Å². The Bertz CT molecular complexity index is 868. The van der Waals surface area contributed by atoms with Crippen molar-refractivity contribution in [1.29, 1.82) is 0 Å². The molecule has 0 spiro atoms. The highest BCUT2D eigenvalue weighted by molar-refractivity contribution is 6.13. The molecule has 1 N–H and O–H groups in total. The summed E-state index contributed by atoms with van der Waals surface area (Å²) in [7, 11) is 1.35. The molecule has 3 rings (SSSR count). The van der Waals surface area contributed by atoms with Crippen molar-refractivity contribution in [3.63, 3.8) is 0 Å². The van der Waals surface area contributed by atoms with Crippen LogP contribution in [0.3, 0.4) is 0 Å². The maximum atomic E-state index is 12.0. The van der Waals surface area contributed by atoms with E-state index in [-0.39, 0.29) is 0 Å². The number of rotatable bonds is 3. The predicted molar refractivity (Wildman–Crippen MR) is 85.2 cm³/mol. The van der Waals surface area contributed by atoms with Crippen molar-refractivity contribution < 1.29 is 19.4 Å². The number of aryl methyl sites for hydroxylation is 1. The molecular weight excluding hydrogens is 280 g/mol. The molecule has 3 aromatic carbocycles. The highest BCUT2D eigenvalue weighted by atomic mass is 16.6. The molecule has 0 saturated carbocycles. The Balaban J connectivity index is 2.45. The van der Waals surface area contributed by atoms with Gasteiger partial charge in [-0.3, -0.25) is 0 Å². The smallest absolute Gasteiger partial charge is 0.338 e. The van der Waals surface area contributed by atoms with Crippen LogP contribution in [-0.4, -0.2) is 25.0 Å². The molecule has 0 aliphatic heterocycles. The van der Waals surface area contributed by atoms with Crippen molar-refractivity contribution in [3.8, 4) is 5.75 Å². The number of ether oxygens (including phenoxy) is 2. The molecule has 4 heteroatoms. The molecule has 22 heavy (non-hydrogen) atoms. The molecule has 0 unspecified atom stereocenters. The Morgan fingerprint density at radius 2 is 1.91 bits per heavy atom. The summed E-state index contributed by atoms with van der Waals surface area (Å²) < 4.78 is 10.2. The number of aliphatic hydroxyl groups is 1. The summed E-state index contributed by atoms with van der Waals surface area (Å²) in [5, 5.41) is 13.1. The minimum Gasteiger partial charge on any atom is -0.467 e. The Labute approximate surface area is 127 Å². The zero-order valence-corrected chi connectivity index (χ0v) is 12.4. The first-order valence-electron chi connectivity index (χ1n) is 6.94. The molecule has 112 valence electrons. The molecule has 0 aromatic heterocycles. The first kappa shape index (κ1) is 14.4. The van der Waals surface area contributed by atoms with Gasteiger partial charge in [-0.25, -0.2) is 4.79 Å². The van der Waals surface area contributed by atoms with Gasteiger partial charge in [0.15, 0.2) is 6.79 Å². The SMILES string of the molecule is COC(=O)c1cc(OCO)c2c(ccc3ccccc32)c1C. The van der Waals surface area contributed by atoms with E-state index >= 15 is 0 Å². The summed E-state index contributed by atoms with van der Waals surface area (Å²) in [4.78, 5) is 12.0. The van der Waals surface area contributed by atoms with Crippen LogP contribution in [-0.2, 0) is 4.74 Å². The molecule has 0 radical (unpaired) electrons. The Kier molecular flexibility index (Phi) is 3.69. The van der Waals surface area contributed by atoms with Crippen molar-refractivity contribution in [2.75, 3.05) is 13.9 Å². The molecule has 0 saturated heterocycles. The minimum atomic E-state index is -0.456. The lowest BCUT2D eigenvalue weighted by atomic mass is 9.95. The van der Waals surface area contributed by atoms with Crippen molar-refractivity contribution in [1.82, 2.24) is 0 Å². The Morgan fingerprint density at radius 1 is 1.14 bits per heavy atom. The van der Waals surface area contributed by atoms with Gasteiger partial charge in [0.2, 0.25) is 0 Å². The number of hydrogen-bond acceptors (Lipinski definition) is 4. The molecule has 0 heterocycles.